The van der Waals surface area contributed by atoms with Gasteiger partial charge in [0.1, 0.15) is 0 Å². The highest BCUT2D eigenvalue weighted by atomic mass is 16.5. The van der Waals surface area contributed by atoms with Gasteiger partial charge in [0.05, 0.1) is 13.5 Å². The second-order valence-corrected chi connectivity index (χ2v) is 3.12. The molecule has 0 aliphatic rings. The van der Waals surface area contributed by atoms with Crippen LogP contribution in [0.5, 0.6) is 0 Å². The van der Waals surface area contributed by atoms with Crippen molar-refractivity contribution in [2.75, 3.05) is 19.0 Å². The van der Waals surface area contributed by atoms with Crippen molar-refractivity contribution >= 4 is 11.8 Å². The molecule has 6 nitrogen and oxygen atoms in total. The maximum atomic E-state index is 11.7. The standard InChI is InChI=1S/C10H15N3O3/c1-3-13-7-6-12-9(10(13)15)11-5-4-8(14)16-2/h6-7H,3-5H2,1-2H3,(H,11,12). The van der Waals surface area contributed by atoms with Crippen LogP contribution in [-0.4, -0.2) is 29.2 Å². The van der Waals surface area contributed by atoms with Gasteiger partial charge in [0.15, 0.2) is 5.82 Å². The molecule has 1 N–H and O–H groups in total. The highest BCUT2D eigenvalue weighted by Gasteiger charge is 2.04. The van der Waals surface area contributed by atoms with Gasteiger partial charge in [-0.1, -0.05) is 0 Å². The van der Waals surface area contributed by atoms with Gasteiger partial charge >= 0.3 is 5.97 Å². The smallest absolute Gasteiger partial charge is 0.307 e. The van der Waals surface area contributed by atoms with Gasteiger partial charge in [-0.15, -0.1) is 0 Å². The molecular formula is C10H15N3O3. The molecule has 0 saturated carbocycles. The van der Waals surface area contributed by atoms with E-state index in [4.69, 9.17) is 0 Å². The van der Waals surface area contributed by atoms with E-state index in [0.717, 1.165) is 0 Å². The second-order valence-electron chi connectivity index (χ2n) is 3.12. The molecule has 16 heavy (non-hydrogen) atoms. The lowest BCUT2D eigenvalue weighted by atomic mass is 10.4. The molecule has 1 rings (SSSR count). The fourth-order valence-electron chi connectivity index (χ4n) is 1.20. The van der Waals surface area contributed by atoms with E-state index >= 15 is 0 Å². The molecule has 0 saturated heterocycles. The monoisotopic (exact) mass is 225 g/mol. The minimum absolute atomic E-state index is 0.185. The number of aryl methyl sites for hydroxylation is 1. The number of nitrogens with zero attached hydrogens (tertiary/aromatic N) is 2. The quantitative estimate of drug-likeness (QED) is 0.726. The molecule has 0 spiro atoms. The van der Waals surface area contributed by atoms with Gasteiger partial charge in [0.2, 0.25) is 0 Å². The van der Waals surface area contributed by atoms with E-state index in [0.29, 0.717) is 13.1 Å². The first-order chi connectivity index (χ1) is 7.69. The Bertz CT molecular complexity index is 414. The van der Waals surface area contributed by atoms with Crippen molar-refractivity contribution in [2.24, 2.45) is 0 Å². The van der Waals surface area contributed by atoms with Gasteiger partial charge < -0.3 is 14.6 Å². The number of hydrogen-bond donors (Lipinski definition) is 1. The summed E-state index contributed by atoms with van der Waals surface area (Å²) in [7, 11) is 1.33. The van der Waals surface area contributed by atoms with Crippen LogP contribution in [0.2, 0.25) is 0 Å². The lowest BCUT2D eigenvalue weighted by Crippen LogP contribution is -2.24. The van der Waals surface area contributed by atoms with E-state index in [2.05, 4.69) is 15.0 Å². The summed E-state index contributed by atoms with van der Waals surface area (Å²) >= 11 is 0. The molecule has 0 aliphatic heterocycles. The molecule has 0 aromatic carbocycles. The second kappa shape index (κ2) is 5.89. The number of esters is 1. The van der Waals surface area contributed by atoms with Gasteiger partial charge in [-0.25, -0.2) is 4.98 Å². The van der Waals surface area contributed by atoms with E-state index < -0.39 is 0 Å². The van der Waals surface area contributed by atoms with Gasteiger partial charge in [-0.05, 0) is 6.92 Å². The van der Waals surface area contributed by atoms with Crippen molar-refractivity contribution in [1.29, 1.82) is 0 Å². The van der Waals surface area contributed by atoms with Crippen LogP contribution < -0.4 is 10.9 Å². The first-order valence-electron chi connectivity index (χ1n) is 5.05. The zero-order valence-electron chi connectivity index (χ0n) is 9.40. The Balaban J connectivity index is 2.61. The first kappa shape index (κ1) is 12.2. The van der Waals surface area contributed by atoms with E-state index in [9.17, 15) is 9.59 Å². The Kier molecular flexibility index (Phi) is 4.50. The summed E-state index contributed by atoms with van der Waals surface area (Å²) in [6, 6.07) is 0. The molecule has 0 radical (unpaired) electrons. The molecule has 0 amide bonds. The molecule has 0 fully saturated rings. The van der Waals surface area contributed by atoms with Crippen molar-refractivity contribution < 1.29 is 9.53 Å². The number of rotatable bonds is 5. The zero-order chi connectivity index (χ0) is 12.0. The van der Waals surface area contributed by atoms with Crippen molar-refractivity contribution in [3.05, 3.63) is 22.7 Å². The van der Waals surface area contributed by atoms with E-state index in [1.807, 2.05) is 6.92 Å². The number of hydrogen-bond acceptors (Lipinski definition) is 5. The third-order valence-electron chi connectivity index (χ3n) is 2.10. The Morgan fingerprint density at radius 1 is 1.62 bits per heavy atom. The Hall–Kier alpha value is -1.85. The highest BCUT2D eigenvalue weighted by molar-refractivity contribution is 5.69. The van der Waals surface area contributed by atoms with Crippen molar-refractivity contribution in [3.8, 4) is 0 Å². The normalized spacial score (nSPS) is 9.88. The minimum atomic E-state index is -0.320. The van der Waals surface area contributed by atoms with Crippen LogP contribution in [0.15, 0.2) is 17.2 Å². The predicted octanol–water partition coefficient (Wildman–Crippen LogP) is 0.238. The topological polar surface area (TPSA) is 73.2 Å². The fourth-order valence-corrected chi connectivity index (χ4v) is 1.20. The molecule has 0 unspecified atom stereocenters. The van der Waals surface area contributed by atoms with Gasteiger partial charge in [0, 0.05) is 25.5 Å². The molecule has 88 valence electrons. The van der Waals surface area contributed by atoms with Gasteiger partial charge in [0.25, 0.3) is 5.56 Å². The number of methoxy groups -OCH3 is 1. The SMILES string of the molecule is CCn1ccnc(NCCC(=O)OC)c1=O. The maximum absolute atomic E-state index is 11.7. The third kappa shape index (κ3) is 3.08. The Labute approximate surface area is 93.3 Å². The van der Waals surface area contributed by atoms with Crippen molar-refractivity contribution in [2.45, 2.75) is 19.9 Å². The molecule has 1 aromatic rings. The zero-order valence-corrected chi connectivity index (χ0v) is 9.40. The van der Waals surface area contributed by atoms with Crippen LogP contribution >= 0.6 is 0 Å². The average Bonchev–Trinajstić information content (AvgIpc) is 2.31. The number of carbonyl (C=O) groups is 1. The Morgan fingerprint density at radius 3 is 3.00 bits per heavy atom. The molecule has 0 aliphatic carbocycles. The fraction of sp³-hybridized carbons (Fsp3) is 0.500. The average molecular weight is 225 g/mol. The van der Waals surface area contributed by atoms with Crippen LogP contribution in [0, 0.1) is 0 Å². The number of ether oxygens (including phenoxy) is 1. The summed E-state index contributed by atoms with van der Waals surface area (Å²) in [5, 5.41) is 2.81. The van der Waals surface area contributed by atoms with Crippen LogP contribution in [0.3, 0.4) is 0 Å². The van der Waals surface area contributed by atoms with Crippen LogP contribution in [0.1, 0.15) is 13.3 Å². The van der Waals surface area contributed by atoms with Gasteiger partial charge in [-0.3, -0.25) is 9.59 Å². The molecule has 0 atom stereocenters. The van der Waals surface area contributed by atoms with E-state index in [-0.39, 0.29) is 23.8 Å². The number of carbonyl (C=O) groups excluding carboxylic acids is 1. The molecule has 6 heteroatoms. The van der Waals surface area contributed by atoms with Crippen molar-refractivity contribution in [3.63, 3.8) is 0 Å². The highest BCUT2D eigenvalue weighted by Crippen LogP contribution is 1.94. The van der Waals surface area contributed by atoms with E-state index in [1.165, 1.54) is 11.7 Å². The maximum Gasteiger partial charge on any atom is 0.307 e. The summed E-state index contributed by atoms with van der Waals surface area (Å²) < 4.78 is 6.02. The Morgan fingerprint density at radius 2 is 2.38 bits per heavy atom. The lowest BCUT2D eigenvalue weighted by molar-refractivity contribution is -0.140. The van der Waals surface area contributed by atoms with Crippen molar-refractivity contribution in [1.82, 2.24) is 9.55 Å². The summed E-state index contributed by atoms with van der Waals surface area (Å²) in [5.41, 5.74) is -0.185. The number of nitrogens with one attached hydrogen (secondary N) is 1. The largest absolute Gasteiger partial charge is 0.469 e. The van der Waals surface area contributed by atoms with E-state index in [1.54, 1.807) is 12.4 Å². The van der Waals surface area contributed by atoms with Crippen LogP contribution in [0.25, 0.3) is 0 Å². The minimum Gasteiger partial charge on any atom is -0.469 e. The van der Waals surface area contributed by atoms with Crippen LogP contribution in [0.4, 0.5) is 5.82 Å². The molecule has 1 aromatic heterocycles. The molecule has 1 heterocycles. The molecule has 0 bridgehead atoms. The number of anilines is 1. The summed E-state index contributed by atoms with van der Waals surface area (Å²) in [5.74, 6) is -0.0625. The summed E-state index contributed by atoms with van der Waals surface area (Å²) in [6.45, 7) is 2.80. The number of aromatic nitrogens is 2. The van der Waals surface area contributed by atoms with Crippen LogP contribution in [-0.2, 0) is 16.1 Å². The summed E-state index contributed by atoms with van der Waals surface area (Å²) in [6.07, 6.45) is 3.37. The predicted molar refractivity (Wildman–Crippen MR) is 59.3 cm³/mol. The van der Waals surface area contributed by atoms with Gasteiger partial charge in [-0.2, -0.15) is 0 Å². The molecular weight excluding hydrogens is 210 g/mol. The first-order valence-corrected chi connectivity index (χ1v) is 5.05. The third-order valence-corrected chi connectivity index (χ3v) is 2.10. The lowest BCUT2D eigenvalue weighted by Gasteiger charge is -2.06. The summed E-state index contributed by atoms with van der Waals surface area (Å²) in [4.78, 5) is 26.4.